The zero-order valence-electron chi connectivity index (χ0n) is 13.8. The first-order valence-corrected chi connectivity index (χ1v) is 7.97. The van der Waals surface area contributed by atoms with E-state index in [1.165, 1.54) is 10.9 Å². The van der Waals surface area contributed by atoms with E-state index in [0.29, 0.717) is 0 Å². The number of hydrogen-bond acceptors (Lipinski definition) is 8. The van der Waals surface area contributed by atoms with Gasteiger partial charge in [-0.1, -0.05) is 35.5 Å². The molecular weight excluding hydrogens is 342 g/mol. The number of nitrogen functional groups attached to an aromatic ring is 1. The van der Waals surface area contributed by atoms with Crippen molar-refractivity contribution >= 4 is 11.7 Å². The van der Waals surface area contributed by atoms with E-state index in [0.717, 1.165) is 5.56 Å². The van der Waals surface area contributed by atoms with Gasteiger partial charge in [0, 0.05) is 0 Å². The Bertz CT molecular complexity index is 766. The van der Waals surface area contributed by atoms with Crippen LogP contribution in [-0.2, 0) is 16.2 Å². The Balaban J connectivity index is 1.71. The summed E-state index contributed by atoms with van der Waals surface area (Å²) in [5.41, 5.74) is 13.0. The lowest BCUT2D eigenvalue weighted by molar-refractivity contribution is -0.0518. The highest BCUT2D eigenvalue weighted by Gasteiger charge is 2.44. The first-order chi connectivity index (χ1) is 12.5. The summed E-state index contributed by atoms with van der Waals surface area (Å²) in [6.45, 7) is -0.204. The van der Waals surface area contributed by atoms with Crippen molar-refractivity contribution in [1.29, 1.82) is 0 Å². The molecule has 0 amide bonds. The standard InChI is InChI=1S/C16H21N5O5/c17-14(20-25-7-9-4-2-1-3-5-9)11-15(18)21(8-19-11)16-13(24)12(23)10(6-22)26-16/h1-5,8,10,12-13,16,22-24H,6-7,18H2,(H2,17,20)/t10-,12-,13-,16-/m1/s1. The van der Waals surface area contributed by atoms with E-state index in [1.807, 2.05) is 30.3 Å². The van der Waals surface area contributed by atoms with Gasteiger partial charge in [0.1, 0.15) is 30.7 Å². The molecule has 2 heterocycles. The van der Waals surface area contributed by atoms with Gasteiger partial charge in [-0.2, -0.15) is 0 Å². The molecule has 140 valence electrons. The Morgan fingerprint density at radius 3 is 2.65 bits per heavy atom. The average molecular weight is 363 g/mol. The molecule has 1 aliphatic heterocycles. The average Bonchev–Trinajstić information content (AvgIpc) is 3.16. The number of rotatable bonds is 6. The Labute approximate surface area is 149 Å². The van der Waals surface area contributed by atoms with E-state index in [1.54, 1.807) is 0 Å². The first-order valence-electron chi connectivity index (χ1n) is 7.97. The monoisotopic (exact) mass is 363 g/mol. The molecule has 0 bridgehead atoms. The van der Waals surface area contributed by atoms with E-state index in [-0.39, 0.29) is 24.0 Å². The second kappa shape index (κ2) is 7.70. The topological polar surface area (TPSA) is 161 Å². The van der Waals surface area contributed by atoms with Gasteiger partial charge in [0.25, 0.3) is 0 Å². The number of nitrogens with zero attached hydrogens (tertiary/aromatic N) is 3. The highest BCUT2D eigenvalue weighted by molar-refractivity contribution is 5.99. The van der Waals surface area contributed by atoms with Crippen LogP contribution in [0.25, 0.3) is 0 Å². The number of amidine groups is 1. The largest absolute Gasteiger partial charge is 0.394 e. The van der Waals surface area contributed by atoms with Crippen molar-refractivity contribution < 1.29 is 24.9 Å². The SMILES string of the molecule is NC(=NOCc1ccccc1)c1ncn([C@@H]2O[C@H](CO)[C@@H](O)[C@H]2O)c1N. The highest BCUT2D eigenvalue weighted by Crippen LogP contribution is 2.31. The van der Waals surface area contributed by atoms with E-state index in [9.17, 15) is 10.2 Å². The number of benzene rings is 1. The fourth-order valence-corrected chi connectivity index (χ4v) is 2.67. The third-order valence-corrected chi connectivity index (χ3v) is 4.10. The second-order valence-electron chi connectivity index (χ2n) is 5.85. The second-order valence-corrected chi connectivity index (χ2v) is 5.85. The predicted octanol–water partition coefficient (Wildman–Crippen LogP) is -1.09. The number of oxime groups is 1. The summed E-state index contributed by atoms with van der Waals surface area (Å²) in [6.07, 6.45) is -3.12. The molecule has 1 aromatic heterocycles. The smallest absolute Gasteiger partial charge is 0.192 e. The lowest BCUT2D eigenvalue weighted by atomic mass is 10.1. The van der Waals surface area contributed by atoms with Crippen LogP contribution in [0.5, 0.6) is 0 Å². The van der Waals surface area contributed by atoms with Crippen molar-refractivity contribution in [2.24, 2.45) is 10.9 Å². The van der Waals surface area contributed by atoms with E-state index in [2.05, 4.69) is 10.1 Å². The number of nitrogens with two attached hydrogens (primary N) is 2. The normalized spacial score (nSPS) is 26.2. The van der Waals surface area contributed by atoms with Gasteiger partial charge in [-0.05, 0) is 5.56 Å². The van der Waals surface area contributed by atoms with E-state index >= 15 is 0 Å². The number of aromatic nitrogens is 2. The highest BCUT2D eigenvalue weighted by atomic mass is 16.6. The molecule has 26 heavy (non-hydrogen) atoms. The molecule has 1 aliphatic rings. The minimum atomic E-state index is -1.27. The molecule has 10 nitrogen and oxygen atoms in total. The van der Waals surface area contributed by atoms with Gasteiger partial charge in [-0.15, -0.1) is 0 Å². The van der Waals surface area contributed by atoms with Crippen molar-refractivity contribution in [2.45, 2.75) is 31.1 Å². The molecule has 10 heteroatoms. The van der Waals surface area contributed by atoms with Gasteiger partial charge in [-0.25, -0.2) is 4.98 Å². The van der Waals surface area contributed by atoms with Gasteiger partial charge < -0.3 is 36.4 Å². The molecule has 7 N–H and O–H groups in total. The van der Waals surface area contributed by atoms with E-state index in [4.69, 9.17) is 26.1 Å². The minimum Gasteiger partial charge on any atom is -0.394 e. The molecule has 0 radical (unpaired) electrons. The Kier molecular flexibility index (Phi) is 5.38. The Morgan fingerprint density at radius 2 is 2.00 bits per heavy atom. The molecule has 0 aliphatic carbocycles. The molecular formula is C16H21N5O5. The summed E-state index contributed by atoms with van der Waals surface area (Å²) >= 11 is 0. The third-order valence-electron chi connectivity index (χ3n) is 4.10. The summed E-state index contributed by atoms with van der Waals surface area (Å²) < 4.78 is 6.73. The number of ether oxygens (including phenoxy) is 1. The first kappa shape index (κ1) is 18.1. The van der Waals surface area contributed by atoms with Crippen LogP contribution in [0.4, 0.5) is 5.82 Å². The van der Waals surface area contributed by atoms with Gasteiger partial charge in [-0.3, -0.25) is 4.57 Å². The summed E-state index contributed by atoms with van der Waals surface area (Å²) in [5.74, 6) is 0.0494. The van der Waals surface area contributed by atoms with Gasteiger partial charge >= 0.3 is 0 Å². The van der Waals surface area contributed by atoms with Crippen LogP contribution in [0.2, 0.25) is 0 Å². The summed E-state index contributed by atoms with van der Waals surface area (Å²) in [4.78, 5) is 9.27. The lowest BCUT2D eigenvalue weighted by Gasteiger charge is -2.17. The van der Waals surface area contributed by atoms with Crippen molar-refractivity contribution in [3.63, 3.8) is 0 Å². The van der Waals surface area contributed by atoms with Gasteiger partial charge in [0.15, 0.2) is 17.8 Å². The van der Waals surface area contributed by atoms with Crippen LogP contribution in [-0.4, -0.2) is 55.6 Å². The maximum absolute atomic E-state index is 10.1. The predicted molar refractivity (Wildman–Crippen MR) is 91.6 cm³/mol. The molecule has 1 fully saturated rings. The molecule has 4 atom stereocenters. The molecule has 1 saturated heterocycles. The minimum absolute atomic E-state index is 0.0380. The molecule has 0 unspecified atom stereocenters. The zero-order valence-corrected chi connectivity index (χ0v) is 13.8. The van der Waals surface area contributed by atoms with Crippen molar-refractivity contribution in [3.05, 3.63) is 47.9 Å². The fourth-order valence-electron chi connectivity index (χ4n) is 2.67. The van der Waals surface area contributed by atoms with Crippen LogP contribution in [0.15, 0.2) is 41.8 Å². The van der Waals surface area contributed by atoms with Crippen LogP contribution in [0.3, 0.4) is 0 Å². The summed E-state index contributed by atoms with van der Waals surface area (Å²) in [7, 11) is 0. The number of aliphatic hydroxyl groups is 3. The van der Waals surface area contributed by atoms with E-state index < -0.39 is 31.1 Å². The molecule has 1 aromatic carbocycles. The third kappa shape index (κ3) is 3.48. The number of imidazole rings is 1. The molecule has 0 spiro atoms. The number of aliphatic hydroxyl groups excluding tert-OH is 3. The van der Waals surface area contributed by atoms with Crippen LogP contribution in [0.1, 0.15) is 17.5 Å². The quantitative estimate of drug-likeness (QED) is 0.246. The molecule has 2 aromatic rings. The van der Waals surface area contributed by atoms with Crippen LogP contribution >= 0.6 is 0 Å². The maximum atomic E-state index is 10.1. The maximum Gasteiger partial charge on any atom is 0.192 e. The van der Waals surface area contributed by atoms with Gasteiger partial charge in [0.2, 0.25) is 0 Å². The lowest BCUT2D eigenvalue weighted by Crippen LogP contribution is -2.33. The summed E-state index contributed by atoms with van der Waals surface area (Å²) in [6, 6.07) is 9.43. The Hall–Kier alpha value is -2.66. The van der Waals surface area contributed by atoms with Crippen molar-refractivity contribution in [3.8, 4) is 0 Å². The molecule has 0 saturated carbocycles. The van der Waals surface area contributed by atoms with Crippen molar-refractivity contribution in [1.82, 2.24) is 9.55 Å². The van der Waals surface area contributed by atoms with Crippen molar-refractivity contribution in [2.75, 3.05) is 12.3 Å². The zero-order chi connectivity index (χ0) is 18.7. The van der Waals surface area contributed by atoms with Crippen LogP contribution in [0, 0.1) is 0 Å². The molecule has 3 rings (SSSR count). The Morgan fingerprint density at radius 1 is 1.27 bits per heavy atom. The number of anilines is 1. The summed E-state index contributed by atoms with van der Waals surface area (Å²) in [5, 5.41) is 32.9. The van der Waals surface area contributed by atoms with Gasteiger partial charge in [0.05, 0.1) is 12.9 Å². The van der Waals surface area contributed by atoms with Crippen LogP contribution < -0.4 is 11.5 Å². The fraction of sp³-hybridized carbons (Fsp3) is 0.375. The number of hydrogen-bond donors (Lipinski definition) is 5.